The van der Waals surface area contributed by atoms with E-state index in [2.05, 4.69) is 5.32 Å². The zero-order valence-electron chi connectivity index (χ0n) is 9.08. The molecule has 0 aromatic heterocycles. The number of ether oxygens (including phenoxy) is 2. The molecule has 4 nitrogen and oxygen atoms in total. The lowest BCUT2D eigenvalue weighted by molar-refractivity contribution is -0.00478. The first-order chi connectivity index (χ1) is 6.67. The van der Waals surface area contributed by atoms with Crippen molar-refractivity contribution in [2.45, 2.75) is 18.9 Å². The molecule has 0 saturated carbocycles. The van der Waals surface area contributed by atoms with Crippen LogP contribution >= 0.6 is 0 Å². The number of aliphatic hydroxyl groups is 1. The average molecular weight is 203 g/mol. The third kappa shape index (κ3) is 3.53. The summed E-state index contributed by atoms with van der Waals surface area (Å²) in [7, 11) is 1.67. The fraction of sp³-hybridized carbons (Fsp3) is 1.00. The van der Waals surface area contributed by atoms with Crippen molar-refractivity contribution in [3.8, 4) is 0 Å². The first kappa shape index (κ1) is 11.9. The Morgan fingerprint density at radius 3 is 3.00 bits per heavy atom. The number of methoxy groups -OCH3 is 1. The van der Waals surface area contributed by atoms with Crippen LogP contribution in [0.1, 0.15) is 13.3 Å². The highest BCUT2D eigenvalue weighted by Gasteiger charge is 2.34. The van der Waals surface area contributed by atoms with Crippen LogP contribution in [0, 0.1) is 5.92 Å². The maximum atomic E-state index is 10.1. The van der Waals surface area contributed by atoms with Crippen molar-refractivity contribution in [1.29, 1.82) is 0 Å². The number of hydrogen-bond donors (Lipinski definition) is 2. The lowest BCUT2D eigenvalue weighted by atomic mass is 9.88. The van der Waals surface area contributed by atoms with Crippen molar-refractivity contribution >= 4 is 0 Å². The average Bonchev–Trinajstić information content (AvgIpc) is 2.65. The van der Waals surface area contributed by atoms with Gasteiger partial charge in [0, 0.05) is 32.7 Å². The van der Waals surface area contributed by atoms with Crippen molar-refractivity contribution in [2.24, 2.45) is 5.92 Å². The van der Waals surface area contributed by atoms with E-state index in [1.807, 2.05) is 6.92 Å². The molecule has 0 amide bonds. The minimum atomic E-state index is -0.662. The molecule has 0 aromatic carbocycles. The van der Waals surface area contributed by atoms with Gasteiger partial charge in [-0.15, -0.1) is 0 Å². The molecular formula is C10H21NO3. The van der Waals surface area contributed by atoms with Crippen LogP contribution in [-0.4, -0.2) is 50.7 Å². The minimum Gasteiger partial charge on any atom is -0.388 e. The Hall–Kier alpha value is -0.160. The van der Waals surface area contributed by atoms with Gasteiger partial charge >= 0.3 is 0 Å². The standard InChI is InChI=1S/C10H21NO3/c1-10(12,8-11-4-6-13-2)9-3-5-14-7-9/h9,11-12H,3-8H2,1-2H3. The van der Waals surface area contributed by atoms with Crippen LogP contribution in [0.5, 0.6) is 0 Å². The largest absolute Gasteiger partial charge is 0.388 e. The molecule has 1 aliphatic rings. The molecule has 2 atom stereocenters. The van der Waals surface area contributed by atoms with Crippen LogP contribution in [-0.2, 0) is 9.47 Å². The minimum absolute atomic E-state index is 0.262. The summed E-state index contributed by atoms with van der Waals surface area (Å²) in [6.45, 7) is 5.38. The van der Waals surface area contributed by atoms with Gasteiger partial charge in [0.05, 0.1) is 18.8 Å². The first-order valence-corrected chi connectivity index (χ1v) is 5.16. The van der Waals surface area contributed by atoms with Crippen LogP contribution in [0.4, 0.5) is 0 Å². The second kappa shape index (κ2) is 5.66. The Morgan fingerprint density at radius 1 is 1.64 bits per heavy atom. The topological polar surface area (TPSA) is 50.7 Å². The number of nitrogens with one attached hydrogen (secondary N) is 1. The van der Waals surface area contributed by atoms with Gasteiger partial charge in [0.2, 0.25) is 0 Å². The molecule has 1 rings (SSSR count). The maximum Gasteiger partial charge on any atom is 0.0794 e. The molecule has 0 radical (unpaired) electrons. The van der Waals surface area contributed by atoms with Crippen molar-refractivity contribution in [3.05, 3.63) is 0 Å². The van der Waals surface area contributed by atoms with Gasteiger partial charge in [-0.3, -0.25) is 0 Å². The van der Waals surface area contributed by atoms with Gasteiger partial charge in [0.1, 0.15) is 0 Å². The molecule has 2 unspecified atom stereocenters. The first-order valence-electron chi connectivity index (χ1n) is 5.16. The van der Waals surface area contributed by atoms with Gasteiger partial charge in [-0.1, -0.05) is 0 Å². The molecular weight excluding hydrogens is 182 g/mol. The molecule has 14 heavy (non-hydrogen) atoms. The molecule has 0 aromatic rings. The monoisotopic (exact) mass is 203 g/mol. The smallest absolute Gasteiger partial charge is 0.0794 e. The second-order valence-electron chi connectivity index (χ2n) is 4.09. The number of hydrogen-bond acceptors (Lipinski definition) is 4. The summed E-state index contributed by atoms with van der Waals surface area (Å²) in [5.41, 5.74) is -0.662. The lowest BCUT2D eigenvalue weighted by Gasteiger charge is -2.29. The van der Waals surface area contributed by atoms with Crippen LogP contribution in [0.15, 0.2) is 0 Å². The summed E-state index contributed by atoms with van der Waals surface area (Å²) in [5.74, 6) is 0.262. The summed E-state index contributed by atoms with van der Waals surface area (Å²) in [6.07, 6.45) is 0.957. The van der Waals surface area contributed by atoms with Crippen molar-refractivity contribution < 1.29 is 14.6 Å². The molecule has 84 valence electrons. The fourth-order valence-corrected chi connectivity index (χ4v) is 1.69. The van der Waals surface area contributed by atoms with Gasteiger partial charge in [-0.25, -0.2) is 0 Å². The molecule has 0 bridgehead atoms. The van der Waals surface area contributed by atoms with E-state index < -0.39 is 5.60 Å². The molecule has 1 heterocycles. The maximum absolute atomic E-state index is 10.1. The van der Waals surface area contributed by atoms with E-state index in [1.54, 1.807) is 7.11 Å². The van der Waals surface area contributed by atoms with E-state index in [0.717, 1.165) is 19.6 Å². The van der Waals surface area contributed by atoms with Gasteiger partial charge in [0.15, 0.2) is 0 Å². The second-order valence-corrected chi connectivity index (χ2v) is 4.09. The summed E-state index contributed by atoms with van der Waals surface area (Å²) in [6, 6.07) is 0. The quantitative estimate of drug-likeness (QED) is 0.597. The van der Waals surface area contributed by atoms with E-state index >= 15 is 0 Å². The predicted octanol–water partition coefficient (Wildman–Crippen LogP) is 0.00990. The molecule has 0 spiro atoms. The van der Waals surface area contributed by atoms with Gasteiger partial charge < -0.3 is 19.9 Å². The Morgan fingerprint density at radius 2 is 2.43 bits per heavy atom. The lowest BCUT2D eigenvalue weighted by Crippen LogP contribution is -2.45. The van der Waals surface area contributed by atoms with Crippen LogP contribution in [0.2, 0.25) is 0 Å². The Labute approximate surface area is 85.6 Å². The molecule has 1 fully saturated rings. The van der Waals surface area contributed by atoms with E-state index in [1.165, 1.54) is 0 Å². The predicted molar refractivity (Wildman–Crippen MR) is 54.3 cm³/mol. The van der Waals surface area contributed by atoms with Crippen LogP contribution in [0.3, 0.4) is 0 Å². The third-order valence-corrected chi connectivity index (χ3v) is 2.78. The normalized spacial score (nSPS) is 26.4. The van der Waals surface area contributed by atoms with Gasteiger partial charge in [-0.2, -0.15) is 0 Å². The van der Waals surface area contributed by atoms with Crippen LogP contribution < -0.4 is 5.32 Å². The summed E-state index contributed by atoms with van der Waals surface area (Å²) in [5, 5.41) is 13.3. The highest BCUT2D eigenvalue weighted by Crippen LogP contribution is 2.24. The molecule has 1 saturated heterocycles. The van der Waals surface area contributed by atoms with Crippen LogP contribution in [0.25, 0.3) is 0 Å². The summed E-state index contributed by atoms with van der Waals surface area (Å²) >= 11 is 0. The summed E-state index contributed by atoms with van der Waals surface area (Å²) < 4.78 is 10.2. The van der Waals surface area contributed by atoms with E-state index in [-0.39, 0.29) is 5.92 Å². The molecule has 4 heteroatoms. The van der Waals surface area contributed by atoms with E-state index in [0.29, 0.717) is 19.8 Å². The number of rotatable bonds is 6. The summed E-state index contributed by atoms with van der Waals surface area (Å²) in [4.78, 5) is 0. The van der Waals surface area contributed by atoms with Gasteiger partial charge in [0.25, 0.3) is 0 Å². The Kier molecular flexibility index (Phi) is 4.81. The fourth-order valence-electron chi connectivity index (χ4n) is 1.69. The SMILES string of the molecule is COCCNCC(C)(O)C1CCOC1. The van der Waals surface area contributed by atoms with Crippen molar-refractivity contribution in [3.63, 3.8) is 0 Å². The van der Waals surface area contributed by atoms with Gasteiger partial charge in [-0.05, 0) is 13.3 Å². The zero-order valence-corrected chi connectivity index (χ0v) is 9.08. The zero-order chi connectivity index (χ0) is 10.4. The Balaban J connectivity index is 2.19. The molecule has 2 N–H and O–H groups in total. The van der Waals surface area contributed by atoms with E-state index in [9.17, 15) is 5.11 Å². The molecule has 0 aliphatic carbocycles. The molecule has 1 aliphatic heterocycles. The Bertz CT molecular complexity index is 155. The van der Waals surface area contributed by atoms with Crippen molar-refractivity contribution in [1.82, 2.24) is 5.32 Å². The third-order valence-electron chi connectivity index (χ3n) is 2.78. The highest BCUT2D eigenvalue weighted by atomic mass is 16.5. The van der Waals surface area contributed by atoms with Crippen molar-refractivity contribution in [2.75, 3.05) is 40.0 Å². The highest BCUT2D eigenvalue weighted by molar-refractivity contribution is 4.86. The van der Waals surface area contributed by atoms with E-state index in [4.69, 9.17) is 9.47 Å².